The average Bonchev–Trinajstić information content (AvgIpc) is 3.44. The molecule has 0 saturated carbocycles. The number of amides is 5. The van der Waals surface area contributed by atoms with Gasteiger partial charge in [-0.3, -0.25) is 14.5 Å². The molecular formula is C42H61N5O11. The Morgan fingerprint density at radius 1 is 0.569 bits per heavy atom. The van der Waals surface area contributed by atoms with E-state index in [-0.39, 0.29) is 65.2 Å². The molecule has 16 heteroatoms. The number of benzene rings is 2. The summed E-state index contributed by atoms with van der Waals surface area (Å²) < 4.78 is 22.4. The number of ether oxygens (including phenoxy) is 4. The molecule has 0 spiro atoms. The minimum absolute atomic E-state index is 0.00317. The number of carbonyl (C=O) groups is 6. The standard InChI is InChI=1S/C42H61N5O11/c1-40(2,3)56-36(51)44(22-21-43-33(48)19-20-34(49)50)23-24-45(37(52)57-41(4,5)6)25-26-46(38(53)58-42(7,8)9)27-28-47(39(54)55-10)35-31-17-13-11-15-29(31)30-16-12-14-18-32(30)35/h11-18,35H,19-28H2,1-10H3,(H,43,48)(H,49,50). The number of rotatable bonds is 16. The molecule has 0 aromatic heterocycles. The summed E-state index contributed by atoms with van der Waals surface area (Å²) in [5.41, 5.74) is 1.25. The largest absolute Gasteiger partial charge is 0.481 e. The van der Waals surface area contributed by atoms with Gasteiger partial charge in [-0.15, -0.1) is 0 Å². The second kappa shape index (κ2) is 20.2. The van der Waals surface area contributed by atoms with Crippen molar-refractivity contribution < 1.29 is 52.8 Å². The predicted molar refractivity (Wildman–Crippen MR) is 216 cm³/mol. The quantitative estimate of drug-likeness (QED) is 0.176. The highest BCUT2D eigenvalue weighted by Gasteiger charge is 2.37. The molecule has 1 aliphatic carbocycles. The summed E-state index contributed by atoms with van der Waals surface area (Å²) in [5.74, 6) is -1.60. The molecule has 16 nitrogen and oxygen atoms in total. The van der Waals surface area contributed by atoms with Gasteiger partial charge in [0, 0.05) is 58.8 Å². The number of nitrogens with one attached hydrogen (secondary N) is 1. The van der Waals surface area contributed by atoms with Gasteiger partial charge in [0.15, 0.2) is 0 Å². The van der Waals surface area contributed by atoms with E-state index in [0.717, 1.165) is 22.3 Å². The van der Waals surface area contributed by atoms with Crippen LogP contribution in [-0.2, 0) is 28.5 Å². The van der Waals surface area contributed by atoms with Crippen LogP contribution in [0.2, 0.25) is 0 Å². The molecule has 2 aromatic carbocycles. The number of fused-ring (bicyclic) bond motifs is 3. The molecule has 58 heavy (non-hydrogen) atoms. The molecule has 0 fully saturated rings. The third kappa shape index (κ3) is 14.8. The summed E-state index contributed by atoms with van der Waals surface area (Å²) in [6.07, 6.45) is -3.20. The molecule has 2 aromatic rings. The zero-order chi connectivity index (χ0) is 43.4. The van der Waals surface area contributed by atoms with Gasteiger partial charge in [0.2, 0.25) is 5.91 Å². The SMILES string of the molecule is COC(=O)N(CCN(CCN(CCN(CCNC(=O)CCC(=O)O)C(=O)OC(C)(C)C)C(=O)OC(C)(C)C)C(=O)OC(C)(C)C)C1c2ccccc2-c2ccccc21. The first-order chi connectivity index (χ1) is 27.0. The van der Waals surface area contributed by atoms with Crippen LogP contribution in [0.5, 0.6) is 0 Å². The van der Waals surface area contributed by atoms with E-state index in [2.05, 4.69) is 5.32 Å². The van der Waals surface area contributed by atoms with Gasteiger partial charge in [-0.1, -0.05) is 48.5 Å². The van der Waals surface area contributed by atoms with Gasteiger partial charge in [0.25, 0.3) is 0 Å². The fourth-order valence-electron chi connectivity index (χ4n) is 6.12. The van der Waals surface area contributed by atoms with Gasteiger partial charge in [-0.05, 0) is 84.6 Å². The molecule has 320 valence electrons. The number of hydrogen-bond donors (Lipinski definition) is 2. The average molecular weight is 812 g/mol. The highest BCUT2D eigenvalue weighted by molar-refractivity contribution is 5.82. The topological polar surface area (TPSA) is 185 Å². The molecule has 0 heterocycles. The fourth-order valence-corrected chi connectivity index (χ4v) is 6.12. The van der Waals surface area contributed by atoms with Crippen molar-refractivity contribution in [2.75, 3.05) is 59.5 Å². The number of carbonyl (C=O) groups excluding carboxylic acids is 5. The van der Waals surface area contributed by atoms with Crippen LogP contribution in [-0.4, -0.2) is 137 Å². The lowest BCUT2D eigenvalue weighted by Gasteiger charge is -2.34. The Kier molecular flexibility index (Phi) is 16.3. The Bertz CT molecular complexity index is 1720. The molecule has 0 radical (unpaired) electrons. The highest BCUT2D eigenvalue weighted by atomic mass is 16.6. The number of carboxylic acids is 1. The molecule has 1 aliphatic rings. The van der Waals surface area contributed by atoms with Crippen molar-refractivity contribution >= 4 is 36.2 Å². The van der Waals surface area contributed by atoms with E-state index in [1.165, 1.54) is 21.8 Å². The van der Waals surface area contributed by atoms with E-state index in [1.807, 2.05) is 48.5 Å². The third-order valence-corrected chi connectivity index (χ3v) is 8.64. The van der Waals surface area contributed by atoms with Crippen LogP contribution in [0.3, 0.4) is 0 Å². The number of nitrogens with zero attached hydrogens (tertiary/aromatic N) is 4. The smallest absolute Gasteiger partial charge is 0.410 e. The molecule has 0 saturated heterocycles. The number of aliphatic carboxylic acids is 1. The van der Waals surface area contributed by atoms with Crippen molar-refractivity contribution in [1.29, 1.82) is 0 Å². The van der Waals surface area contributed by atoms with Crippen molar-refractivity contribution in [2.24, 2.45) is 0 Å². The van der Waals surface area contributed by atoms with Gasteiger partial charge in [0.05, 0.1) is 19.6 Å². The molecule has 0 aliphatic heterocycles. The van der Waals surface area contributed by atoms with Crippen molar-refractivity contribution in [3.8, 4) is 11.1 Å². The van der Waals surface area contributed by atoms with E-state index >= 15 is 0 Å². The lowest BCUT2D eigenvalue weighted by molar-refractivity contribution is -0.138. The summed E-state index contributed by atoms with van der Waals surface area (Å²) >= 11 is 0. The van der Waals surface area contributed by atoms with E-state index in [4.69, 9.17) is 24.1 Å². The van der Waals surface area contributed by atoms with E-state index in [0.29, 0.717) is 0 Å². The number of hydrogen-bond acceptors (Lipinski definition) is 10. The van der Waals surface area contributed by atoms with Gasteiger partial charge in [-0.25, -0.2) is 19.2 Å². The summed E-state index contributed by atoms with van der Waals surface area (Å²) in [4.78, 5) is 83.0. The van der Waals surface area contributed by atoms with Crippen LogP contribution in [0, 0.1) is 0 Å². The van der Waals surface area contributed by atoms with Crippen molar-refractivity contribution in [1.82, 2.24) is 24.9 Å². The number of carboxylic acid groups (broad SMARTS) is 1. The fraction of sp³-hybridized carbons (Fsp3) is 0.571. The maximum atomic E-state index is 13.8. The van der Waals surface area contributed by atoms with Gasteiger partial charge < -0.3 is 44.1 Å². The molecular weight excluding hydrogens is 750 g/mol. The van der Waals surface area contributed by atoms with Crippen LogP contribution >= 0.6 is 0 Å². The van der Waals surface area contributed by atoms with Crippen molar-refractivity contribution in [3.05, 3.63) is 59.7 Å². The second-order valence-electron chi connectivity index (χ2n) is 16.9. The maximum Gasteiger partial charge on any atom is 0.410 e. The first-order valence-corrected chi connectivity index (χ1v) is 19.4. The predicted octanol–water partition coefficient (Wildman–Crippen LogP) is 6.52. The zero-order valence-corrected chi connectivity index (χ0v) is 35.6. The van der Waals surface area contributed by atoms with E-state index < -0.39 is 59.1 Å². The molecule has 2 N–H and O–H groups in total. The normalized spacial score (nSPS) is 12.4. The maximum absolute atomic E-state index is 13.8. The van der Waals surface area contributed by atoms with Crippen LogP contribution in [0.15, 0.2) is 48.5 Å². The Labute approximate surface area is 341 Å². The Morgan fingerprint density at radius 3 is 1.33 bits per heavy atom. The first-order valence-electron chi connectivity index (χ1n) is 19.4. The molecule has 0 unspecified atom stereocenters. The molecule has 0 bridgehead atoms. The van der Waals surface area contributed by atoms with Crippen LogP contribution < -0.4 is 5.32 Å². The summed E-state index contributed by atoms with van der Waals surface area (Å²) in [7, 11) is 1.31. The van der Waals surface area contributed by atoms with Crippen LogP contribution in [0.1, 0.15) is 92.3 Å². The third-order valence-electron chi connectivity index (χ3n) is 8.64. The monoisotopic (exact) mass is 811 g/mol. The van der Waals surface area contributed by atoms with Gasteiger partial charge in [0.1, 0.15) is 16.8 Å². The molecule has 0 atom stereocenters. The minimum atomic E-state index is -1.11. The lowest BCUT2D eigenvalue weighted by atomic mass is 10.0. The highest BCUT2D eigenvalue weighted by Crippen LogP contribution is 2.46. The van der Waals surface area contributed by atoms with E-state index in [9.17, 15) is 28.8 Å². The van der Waals surface area contributed by atoms with E-state index in [1.54, 1.807) is 67.2 Å². The Hall–Kier alpha value is -5.54. The first kappa shape index (κ1) is 46.8. The summed E-state index contributed by atoms with van der Waals surface area (Å²) in [5, 5.41) is 11.5. The lowest BCUT2D eigenvalue weighted by Crippen LogP contribution is -2.50. The minimum Gasteiger partial charge on any atom is -0.481 e. The van der Waals surface area contributed by atoms with Crippen LogP contribution in [0.4, 0.5) is 19.2 Å². The summed E-state index contributed by atoms with van der Waals surface area (Å²) in [6, 6.07) is 15.2. The Morgan fingerprint density at radius 2 is 0.948 bits per heavy atom. The summed E-state index contributed by atoms with van der Waals surface area (Å²) in [6.45, 7) is 15.4. The van der Waals surface area contributed by atoms with Crippen molar-refractivity contribution in [3.63, 3.8) is 0 Å². The van der Waals surface area contributed by atoms with Crippen LogP contribution in [0.25, 0.3) is 11.1 Å². The van der Waals surface area contributed by atoms with Gasteiger partial charge >= 0.3 is 30.3 Å². The van der Waals surface area contributed by atoms with Gasteiger partial charge in [-0.2, -0.15) is 0 Å². The zero-order valence-electron chi connectivity index (χ0n) is 35.6. The molecule has 3 rings (SSSR count). The Balaban J connectivity index is 1.88. The second-order valence-corrected chi connectivity index (χ2v) is 16.9. The van der Waals surface area contributed by atoms with Crippen molar-refractivity contribution in [2.45, 2.75) is 98.0 Å². The molecule has 5 amide bonds. The number of methoxy groups -OCH3 is 1.